The van der Waals surface area contributed by atoms with Crippen LogP contribution in [0, 0.1) is 5.92 Å². The minimum atomic E-state index is -0.879. The molecule has 0 saturated carbocycles. The standard InChI is InChI=1S/C9H17NO4/c1-7(2)9(13)10-4-6-14-5-3-8(11)12/h7H,3-6H2,1-2H3,(H,10,13)(H,11,12). The van der Waals surface area contributed by atoms with E-state index < -0.39 is 5.97 Å². The summed E-state index contributed by atoms with van der Waals surface area (Å²) in [4.78, 5) is 21.1. The van der Waals surface area contributed by atoms with Crippen molar-refractivity contribution in [1.82, 2.24) is 5.32 Å². The van der Waals surface area contributed by atoms with Gasteiger partial charge in [0.25, 0.3) is 0 Å². The number of hydrogen-bond acceptors (Lipinski definition) is 3. The zero-order valence-electron chi connectivity index (χ0n) is 8.58. The minimum absolute atomic E-state index is 0.00186. The molecular formula is C9H17NO4. The van der Waals surface area contributed by atoms with Gasteiger partial charge in [-0.2, -0.15) is 0 Å². The molecule has 0 aromatic rings. The lowest BCUT2D eigenvalue weighted by atomic mass is 10.2. The molecule has 5 heteroatoms. The summed E-state index contributed by atoms with van der Waals surface area (Å²) in [6.45, 7) is 4.58. The van der Waals surface area contributed by atoms with Crippen LogP contribution in [0.15, 0.2) is 0 Å². The Kier molecular flexibility index (Phi) is 6.74. The Morgan fingerprint density at radius 1 is 1.36 bits per heavy atom. The molecule has 0 aliphatic rings. The van der Waals surface area contributed by atoms with Crippen molar-refractivity contribution in [2.45, 2.75) is 20.3 Å². The molecule has 0 bridgehead atoms. The molecule has 0 fully saturated rings. The number of carbonyl (C=O) groups is 2. The molecule has 82 valence electrons. The highest BCUT2D eigenvalue weighted by molar-refractivity contribution is 5.77. The number of nitrogens with one attached hydrogen (secondary N) is 1. The van der Waals surface area contributed by atoms with E-state index in [0.29, 0.717) is 13.2 Å². The molecule has 0 atom stereocenters. The molecule has 0 aromatic carbocycles. The van der Waals surface area contributed by atoms with Crippen LogP contribution in [0.1, 0.15) is 20.3 Å². The van der Waals surface area contributed by atoms with E-state index in [9.17, 15) is 9.59 Å². The van der Waals surface area contributed by atoms with Gasteiger partial charge in [0.2, 0.25) is 5.91 Å². The van der Waals surface area contributed by atoms with Gasteiger partial charge in [0.05, 0.1) is 19.6 Å². The van der Waals surface area contributed by atoms with E-state index in [4.69, 9.17) is 9.84 Å². The van der Waals surface area contributed by atoms with Gasteiger partial charge in [-0.05, 0) is 0 Å². The van der Waals surface area contributed by atoms with Gasteiger partial charge in [-0.25, -0.2) is 0 Å². The van der Waals surface area contributed by atoms with E-state index in [1.807, 2.05) is 0 Å². The van der Waals surface area contributed by atoms with Crippen molar-refractivity contribution in [3.8, 4) is 0 Å². The number of carbonyl (C=O) groups excluding carboxylic acids is 1. The number of rotatable bonds is 7. The van der Waals surface area contributed by atoms with E-state index in [2.05, 4.69) is 5.32 Å². The van der Waals surface area contributed by atoms with Crippen LogP contribution in [0.3, 0.4) is 0 Å². The highest BCUT2D eigenvalue weighted by Gasteiger charge is 2.04. The Hall–Kier alpha value is -1.10. The van der Waals surface area contributed by atoms with Gasteiger partial charge in [0.1, 0.15) is 0 Å². The zero-order chi connectivity index (χ0) is 11.0. The van der Waals surface area contributed by atoms with Crippen molar-refractivity contribution in [2.75, 3.05) is 19.8 Å². The topological polar surface area (TPSA) is 75.6 Å². The van der Waals surface area contributed by atoms with Crippen molar-refractivity contribution in [3.63, 3.8) is 0 Å². The number of carboxylic acids is 1. The van der Waals surface area contributed by atoms with E-state index in [1.54, 1.807) is 13.8 Å². The summed E-state index contributed by atoms with van der Waals surface area (Å²) in [5, 5.41) is 10.9. The summed E-state index contributed by atoms with van der Waals surface area (Å²) in [6, 6.07) is 0. The molecule has 0 spiro atoms. The van der Waals surface area contributed by atoms with Gasteiger partial charge in [0, 0.05) is 12.5 Å². The van der Waals surface area contributed by atoms with Gasteiger partial charge >= 0.3 is 5.97 Å². The number of ether oxygens (including phenoxy) is 1. The number of carboxylic acid groups (broad SMARTS) is 1. The molecule has 0 aromatic heterocycles. The number of amides is 1. The number of hydrogen-bond donors (Lipinski definition) is 2. The molecule has 2 N–H and O–H groups in total. The molecule has 14 heavy (non-hydrogen) atoms. The van der Waals surface area contributed by atoms with E-state index in [1.165, 1.54) is 0 Å². The molecule has 0 aliphatic carbocycles. The third-order valence-electron chi connectivity index (χ3n) is 1.53. The van der Waals surface area contributed by atoms with Gasteiger partial charge in [-0.1, -0.05) is 13.8 Å². The Morgan fingerprint density at radius 2 is 2.00 bits per heavy atom. The van der Waals surface area contributed by atoms with Crippen molar-refractivity contribution < 1.29 is 19.4 Å². The number of aliphatic carboxylic acids is 1. The maximum atomic E-state index is 11.0. The normalized spacial score (nSPS) is 10.2. The Labute approximate surface area is 83.4 Å². The fourth-order valence-electron chi connectivity index (χ4n) is 0.712. The molecule has 0 heterocycles. The minimum Gasteiger partial charge on any atom is -0.481 e. The lowest BCUT2D eigenvalue weighted by Crippen LogP contribution is -2.30. The van der Waals surface area contributed by atoms with Crippen LogP contribution < -0.4 is 5.32 Å². The first-order valence-corrected chi connectivity index (χ1v) is 4.61. The fraction of sp³-hybridized carbons (Fsp3) is 0.778. The first-order chi connectivity index (χ1) is 6.54. The zero-order valence-corrected chi connectivity index (χ0v) is 8.58. The van der Waals surface area contributed by atoms with Crippen molar-refractivity contribution in [2.24, 2.45) is 5.92 Å². The Balaban J connectivity index is 3.22. The fourth-order valence-corrected chi connectivity index (χ4v) is 0.712. The second-order valence-corrected chi connectivity index (χ2v) is 3.20. The van der Waals surface area contributed by atoms with Gasteiger partial charge < -0.3 is 15.2 Å². The summed E-state index contributed by atoms with van der Waals surface area (Å²) in [5.41, 5.74) is 0. The smallest absolute Gasteiger partial charge is 0.305 e. The molecule has 1 amide bonds. The molecule has 0 radical (unpaired) electrons. The van der Waals surface area contributed by atoms with Crippen LogP contribution >= 0.6 is 0 Å². The summed E-state index contributed by atoms with van der Waals surface area (Å²) in [6.07, 6.45) is -0.00186. The summed E-state index contributed by atoms with van der Waals surface area (Å²) >= 11 is 0. The monoisotopic (exact) mass is 203 g/mol. The second-order valence-electron chi connectivity index (χ2n) is 3.20. The van der Waals surface area contributed by atoms with E-state index in [0.717, 1.165) is 0 Å². The van der Waals surface area contributed by atoms with Crippen LogP contribution in [-0.4, -0.2) is 36.7 Å². The SMILES string of the molecule is CC(C)C(=O)NCCOCCC(=O)O. The van der Waals surface area contributed by atoms with E-state index in [-0.39, 0.29) is 24.9 Å². The van der Waals surface area contributed by atoms with Crippen molar-refractivity contribution >= 4 is 11.9 Å². The predicted molar refractivity (Wildman–Crippen MR) is 50.9 cm³/mol. The molecule has 0 saturated heterocycles. The molecule has 5 nitrogen and oxygen atoms in total. The molecule has 0 unspecified atom stereocenters. The summed E-state index contributed by atoms with van der Waals surface area (Å²) in [7, 11) is 0. The Bertz CT molecular complexity index is 191. The molecule has 0 aliphatic heterocycles. The van der Waals surface area contributed by atoms with Gasteiger partial charge in [-0.3, -0.25) is 9.59 Å². The average Bonchev–Trinajstić information content (AvgIpc) is 2.09. The van der Waals surface area contributed by atoms with Gasteiger partial charge in [-0.15, -0.1) is 0 Å². The lowest BCUT2D eigenvalue weighted by molar-refractivity contribution is -0.138. The molecule has 0 rings (SSSR count). The summed E-state index contributed by atoms with van der Waals surface area (Å²) < 4.78 is 4.98. The Morgan fingerprint density at radius 3 is 2.50 bits per heavy atom. The maximum Gasteiger partial charge on any atom is 0.305 e. The maximum absolute atomic E-state index is 11.0. The third kappa shape index (κ3) is 7.54. The predicted octanol–water partition coefficient (Wildman–Crippen LogP) is 0.250. The third-order valence-corrected chi connectivity index (χ3v) is 1.53. The summed E-state index contributed by atoms with van der Waals surface area (Å²) in [5.74, 6) is -0.933. The van der Waals surface area contributed by atoms with Crippen molar-refractivity contribution in [1.29, 1.82) is 0 Å². The first kappa shape index (κ1) is 12.9. The van der Waals surface area contributed by atoms with Crippen molar-refractivity contribution in [3.05, 3.63) is 0 Å². The average molecular weight is 203 g/mol. The highest BCUT2D eigenvalue weighted by atomic mass is 16.5. The van der Waals surface area contributed by atoms with Crippen LogP contribution in [0.5, 0.6) is 0 Å². The first-order valence-electron chi connectivity index (χ1n) is 4.61. The largest absolute Gasteiger partial charge is 0.481 e. The highest BCUT2D eigenvalue weighted by Crippen LogP contribution is 1.89. The van der Waals surface area contributed by atoms with Gasteiger partial charge in [0.15, 0.2) is 0 Å². The van der Waals surface area contributed by atoms with Crippen LogP contribution in [0.4, 0.5) is 0 Å². The van der Waals surface area contributed by atoms with E-state index >= 15 is 0 Å². The molecular weight excluding hydrogens is 186 g/mol. The van der Waals surface area contributed by atoms with Crippen LogP contribution in [0.2, 0.25) is 0 Å². The van der Waals surface area contributed by atoms with Crippen LogP contribution in [0.25, 0.3) is 0 Å². The van der Waals surface area contributed by atoms with Crippen LogP contribution in [-0.2, 0) is 14.3 Å². The quantitative estimate of drug-likeness (QED) is 0.581. The lowest BCUT2D eigenvalue weighted by Gasteiger charge is -2.07. The second kappa shape index (κ2) is 7.32.